The van der Waals surface area contributed by atoms with Crippen LogP contribution in [0.5, 0.6) is 0 Å². The highest BCUT2D eigenvalue weighted by Crippen LogP contribution is 2.29. The molecule has 0 aliphatic heterocycles. The summed E-state index contributed by atoms with van der Waals surface area (Å²) < 4.78 is 11.2. The van der Waals surface area contributed by atoms with Gasteiger partial charge in [0.25, 0.3) is 0 Å². The van der Waals surface area contributed by atoms with E-state index in [9.17, 15) is 9.36 Å². The summed E-state index contributed by atoms with van der Waals surface area (Å²) in [5.41, 5.74) is 8.86. The van der Waals surface area contributed by atoms with E-state index in [1.165, 1.54) is 16.7 Å². The van der Waals surface area contributed by atoms with Crippen LogP contribution in [0, 0.1) is 6.92 Å². The Morgan fingerprint density at radius 1 is 0.909 bits per heavy atom. The zero-order chi connectivity index (χ0) is 23.6. The molecule has 0 aliphatic carbocycles. The van der Waals surface area contributed by atoms with Crippen molar-refractivity contribution in [2.24, 2.45) is 0 Å². The number of hydrogen-bond donors (Lipinski definition) is 1. The molecular formula is C29H32NO2P. The maximum Gasteiger partial charge on any atom is 0.248 e. The average molecular weight is 458 g/mol. The smallest absolute Gasteiger partial charge is 0.248 e. The van der Waals surface area contributed by atoms with Crippen molar-refractivity contribution >= 4 is 26.1 Å². The van der Waals surface area contributed by atoms with E-state index in [0.29, 0.717) is 6.16 Å². The Labute approximate surface area is 199 Å². The normalized spacial score (nSPS) is 11.2. The Bertz CT molecular complexity index is 1130. The minimum Gasteiger partial charge on any atom is -0.322 e. The molecule has 0 heterocycles. The Morgan fingerprint density at radius 2 is 1.64 bits per heavy atom. The summed E-state index contributed by atoms with van der Waals surface area (Å²) in [6.07, 6.45) is 7.76. The topological polar surface area (TPSA) is 46.2 Å². The summed E-state index contributed by atoms with van der Waals surface area (Å²) in [5, 5.41) is 3.08. The highest BCUT2D eigenvalue weighted by atomic mass is 31.1. The molecule has 0 radical (unpaired) electrons. The first-order valence-electron chi connectivity index (χ1n) is 11.6. The largest absolute Gasteiger partial charge is 0.322 e. The SMILES string of the molecule is CCCc1c(CP=O)ccc(NC(=O)C=Cc2cccc(-c3ccc(C)cc3)c2)c1CCC. The lowest BCUT2D eigenvalue weighted by Gasteiger charge is -2.18. The maximum atomic E-state index is 12.8. The third-order valence-corrected chi connectivity index (χ3v) is 6.19. The number of amides is 1. The molecule has 1 amide bonds. The van der Waals surface area contributed by atoms with Crippen molar-refractivity contribution in [1.29, 1.82) is 0 Å². The van der Waals surface area contributed by atoms with Crippen molar-refractivity contribution in [3.05, 3.63) is 94.6 Å². The molecule has 3 rings (SSSR count). The third kappa shape index (κ3) is 6.73. The van der Waals surface area contributed by atoms with Gasteiger partial charge in [-0.1, -0.05) is 80.8 Å². The Balaban J connectivity index is 1.80. The first-order chi connectivity index (χ1) is 16.0. The van der Waals surface area contributed by atoms with Crippen molar-refractivity contribution in [2.45, 2.75) is 52.6 Å². The van der Waals surface area contributed by atoms with Gasteiger partial charge in [0.1, 0.15) is 0 Å². The number of carbonyl (C=O) groups excluding carboxylic acids is 1. The van der Waals surface area contributed by atoms with Crippen LogP contribution in [0.1, 0.15) is 54.5 Å². The van der Waals surface area contributed by atoms with Crippen molar-refractivity contribution in [1.82, 2.24) is 0 Å². The second kappa shape index (κ2) is 12.3. The molecule has 0 spiro atoms. The summed E-state index contributed by atoms with van der Waals surface area (Å²) in [6, 6.07) is 20.6. The second-order valence-corrected chi connectivity index (χ2v) is 8.91. The molecule has 1 N–H and O–H groups in total. The van der Waals surface area contributed by atoms with Crippen molar-refractivity contribution in [3.63, 3.8) is 0 Å². The predicted octanol–water partition coefficient (Wildman–Crippen LogP) is 8.01. The van der Waals surface area contributed by atoms with Crippen LogP contribution in [0.25, 0.3) is 17.2 Å². The van der Waals surface area contributed by atoms with E-state index in [1.54, 1.807) is 6.08 Å². The molecule has 0 saturated carbocycles. The molecule has 4 heteroatoms. The zero-order valence-electron chi connectivity index (χ0n) is 19.7. The Morgan fingerprint density at radius 3 is 2.33 bits per heavy atom. The van der Waals surface area contributed by atoms with Crippen LogP contribution >= 0.6 is 8.46 Å². The van der Waals surface area contributed by atoms with E-state index in [1.807, 2.05) is 30.3 Å². The van der Waals surface area contributed by atoms with Gasteiger partial charge in [0.15, 0.2) is 8.46 Å². The van der Waals surface area contributed by atoms with Gasteiger partial charge < -0.3 is 5.32 Å². The highest BCUT2D eigenvalue weighted by Gasteiger charge is 2.14. The minimum absolute atomic E-state index is 0.124. The summed E-state index contributed by atoms with van der Waals surface area (Å²) in [7, 11) is 0.124. The number of anilines is 1. The molecule has 0 aliphatic rings. The first kappa shape index (κ1) is 24.6. The van der Waals surface area contributed by atoms with Gasteiger partial charge in [-0.3, -0.25) is 9.36 Å². The van der Waals surface area contributed by atoms with Crippen molar-refractivity contribution in [2.75, 3.05) is 5.32 Å². The van der Waals surface area contributed by atoms with Crippen molar-refractivity contribution < 1.29 is 9.36 Å². The fourth-order valence-corrected chi connectivity index (χ4v) is 4.52. The van der Waals surface area contributed by atoms with Gasteiger partial charge in [-0.2, -0.15) is 0 Å². The molecule has 170 valence electrons. The van der Waals surface area contributed by atoms with E-state index < -0.39 is 0 Å². The van der Waals surface area contributed by atoms with E-state index >= 15 is 0 Å². The lowest BCUT2D eigenvalue weighted by atomic mass is 9.93. The maximum absolute atomic E-state index is 12.8. The monoisotopic (exact) mass is 457 g/mol. The number of hydrogen-bond acceptors (Lipinski definition) is 2. The number of aryl methyl sites for hydroxylation is 1. The van der Waals surface area contributed by atoms with Gasteiger partial charge in [-0.05, 0) is 71.4 Å². The molecule has 0 aromatic heterocycles. The average Bonchev–Trinajstić information content (AvgIpc) is 2.82. The van der Waals surface area contributed by atoms with E-state index in [2.05, 4.69) is 62.5 Å². The summed E-state index contributed by atoms with van der Waals surface area (Å²) in [5.74, 6) is -0.148. The second-order valence-electron chi connectivity index (χ2n) is 8.33. The van der Waals surface area contributed by atoms with Crippen LogP contribution in [0.3, 0.4) is 0 Å². The van der Waals surface area contributed by atoms with Crippen LogP contribution < -0.4 is 5.32 Å². The lowest BCUT2D eigenvalue weighted by molar-refractivity contribution is -0.111. The first-order valence-corrected chi connectivity index (χ1v) is 12.6. The van der Waals surface area contributed by atoms with E-state index in [0.717, 1.165) is 53.6 Å². The molecule has 3 aromatic rings. The van der Waals surface area contributed by atoms with Crippen molar-refractivity contribution in [3.8, 4) is 11.1 Å². The molecule has 33 heavy (non-hydrogen) atoms. The lowest BCUT2D eigenvalue weighted by Crippen LogP contribution is -2.12. The van der Waals surface area contributed by atoms with Crippen LogP contribution in [0.15, 0.2) is 66.7 Å². The fraction of sp³-hybridized carbons (Fsp3) is 0.276. The number of carbonyl (C=O) groups is 1. The van der Waals surface area contributed by atoms with Gasteiger partial charge in [0, 0.05) is 11.8 Å². The minimum atomic E-state index is -0.148. The molecule has 0 atom stereocenters. The zero-order valence-corrected chi connectivity index (χ0v) is 20.6. The molecule has 0 bridgehead atoms. The Hall–Kier alpha value is -3.03. The van der Waals surface area contributed by atoms with Crippen LogP contribution in [-0.4, -0.2) is 5.91 Å². The summed E-state index contributed by atoms with van der Waals surface area (Å²) in [6.45, 7) is 6.36. The summed E-state index contributed by atoms with van der Waals surface area (Å²) >= 11 is 0. The molecule has 3 aromatic carbocycles. The van der Waals surface area contributed by atoms with Crippen LogP contribution in [0.2, 0.25) is 0 Å². The van der Waals surface area contributed by atoms with E-state index in [-0.39, 0.29) is 14.4 Å². The number of nitrogens with one attached hydrogen (secondary N) is 1. The van der Waals surface area contributed by atoms with Gasteiger partial charge >= 0.3 is 0 Å². The quantitative estimate of drug-likeness (QED) is 0.248. The van der Waals surface area contributed by atoms with Gasteiger partial charge in [-0.15, -0.1) is 0 Å². The van der Waals surface area contributed by atoms with Crippen LogP contribution in [0.4, 0.5) is 5.69 Å². The predicted molar refractivity (Wildman–Crippen MR) is 140 cm³/mol. The number of benzene rings is 3. The fourth-order valence-electron chi connectivity index (χ4n) is 4.09. The standard InChI is InChI=1S/C29H32NO2P/c1-4-7-26-25(20-33-32)16-17-28(27(26)8-5-2)30-29(31)18-13-22-9-6-10-24(19-22)23-14-11-21(3)12-15-23/h6,9-19H,4-5,7-8,20H2,1-3H3,(H,30,31). The highest BCUT2D eigenvalue weighted by molar-refractivity contribution is 7.22. The number of rotatable bonds is 10. The third-order valence-electron chi connectivity index (χ3n) is 5.72. The summed E-state index contributed by atoms with van der Waals surface area (Å²) in [4.78, 5) is 12.8. The van der Waals surface area contributed by atoms with Gasteiger partial charge in [-0.25, -0.2) is 0 Å². The van der Waals surface area contributed by atoms with Crippen LogP contribution in [-0.2, 0) is 28.4 Å². The molecule has 0 unspecified atom stereocenters. The van der Waals surface area contributed by atoms with Gasteiger partial charge in [0.05, 0.1) is 6.16 Å². The molecule has 0 fully saturated rings. The molecule has 0 saturated heterocycles. The van der Waals surface area contributed by atoms with Gasteiger partial charge in [0.2, 0.25) is 5.91 Å². The molecule has 3 nitrogen and oxygen atoms in total. The molecular weight excluding hydrogens is 425 g/mol. The van der Waals surface area contributed by atoms with E-state index in [4.69, 9.17) is 0 Å². The Kier molecular flexibility index (Phi) is 9.15.